The minimum Gasteiger partial charge on any atom is -0.497 e. The molecule has 0 unspecified atom stereocenters. The lowest BCUT2D eigenvalue weighted by molar-refractivity contribution is 0.415. The molecule has 0 spiro atoms. The van der Waals surface area contributed by atoms with Crippen molar-refractivity contribution < 1.29 is 4.74 Å². The largest absolute Gasteiger partial charge is 0.497 e. The van der Waals surface area contributed by atoms with E-state index < -0.39 is 0 Å². The Bertz CT molecular complexity index is 1410. The van der Waals surface area contributed by atoms with Gasteiger partial charge in [-0.3, -0.25) is 0 Å². The molecule has 3 aromatic heterocycles. The van der Waals surface area contributed by atoms with Gasteiger partial charge >= 0.3 is 0 Å². The maximum absolute atomic E-state index is 6.52. The zero-order valence-electron chi connectivity index (χ0n) is 17.4. The molecule has 0 aliphatic heterocycles. The van der Waals surface area contributed by atoms with E-state index in [9.17, 15) is 0 Å². The third kappa shape index (κ3) is 3.53. The summed E-state index contributed by atoms with van der Waals surface area (Å²) in [4.78, 5) is 4.74. The van der Waals surface area contributed by atoms with Crippen molar-refractivity contribution in [2.75, 3.05) is 12.8 Å². The normalized spacial score (nSPS) is 11.2. The smallest absolute Gasteiger partial charge is 0.187 e. The number of rotatable bonds is 5. The van der Waals surface area contributed by atoms with Gasteiger partial charge in [0.2, 0.25) is 0 Å². The molecular weight excluding hydrogens is 488 g/mol. The lowest BCUT2D eigenvalue weighted by Crippen LogP contribution is -2.05. The topological polar surface area (TPSA) is 91.2 Å². The minimum atomic E-state index is 0.418. The van der Waals surface area contributed by atoms with E-state index in [0.717, 1.165) is 44.7 Å². The SMILES string of the molecule is CCc1nn2c(N)c(-c3nc(-c4ccc(Br)cc4)cs3)nnc2c1-c1ccc(OC)cc1. The molecule has 0 saturated carbocycles. The van der Waals surface area contributed by atoms with Crippen molar-refractivity contribution in [1.29, 1.82) is 0 Å². The van der Waals surface area contributed by atoms with Gasteiger partial charge in [0.05, 0.1) is 24.1 Å². The molecule has 0 aliphatic carbocycles. The second-order valence-corrected chi connectivity index (χ2v) is 8.89. The van der Waals surface area contributed by atoms with Crippen LogP contribution < -0.4 is 10.5 Å². The predicted molar refractivity (Wildman–Crippen MR) is 131 cm³/mol. The lowest BCUT2D eigenvalue weighted by Gasteiger charge is -2.05. The van der Waals surface area contributed by atoms with E-state index in [4.69, 9.17) is 20.6 Å². The molecule has 5 rings (SSSR count). The summed E-state index contributed by atoms with van der Waals surface area (Å²) in [5, 5.41) is 16.4. The van der Waals surface area contributed by atoms with E-state index in [-0.39, 0.29) is 0 Å². The first-order valence-electron chi connectivity index (χ1n) is 9.99. The van der Waals surface area contributed by atoms with Gasteiger partial charge in [-0.15, -0.1) is 21.5 Å². The maximum Gasteiger partial charge on any atom is 0.187 e. The van der Waals surface area contributed by atoms with Crippen LogP contribution in [-0.2, 0) is 6.42 Å². The molecule has 0 atom stereocenters. The lowest BCUT2D eigenvalue weighted by atomic mass is 10.0. The highest BCUT2D eigenvalue weighted by Crippen LogP contribution is 2.34. The van der Waals surface area contributed by atoms with Gasteiger partial charge in [-0.2, -0.15) is 9.61 Å². The number of nitrogens with two attached hydrogens (primary N) is 1. The van der Waals surface area contributed by atoms with Crippen LogP contribution in [0, 0.1) is 0 Å². The van der Waals surface area contributed by atoms with Crippen LogP contribution in [0.5, 0.6) is 5.75 Å². The Morgan fingerprint density at radius 2 is 1.75 bits per heavy atom. The summed E-state index contributed by atoms with van der Waals surface area (Å²) < 4.78 is 7.97. The van der Waals surface area contributed by atoms with Gasteiger partial charge in [-0.05, 0) is 36.2 Å². The number of benzene rings is 2. The van der Waals surface area contributed by atoms with Crippen molar-refractivity contribution in [1.82, 2.24) is 24.8 Å². The molecular formula is C23H19BrN6OS. The van der Waals surface area contributed by atoms with Crippen LogP contribution in [0.4, 0.5) is 5.82 Å². The van der Waals surface area contributed by atoms with E-state index in [1.165, 1.54) is 11.3 Å². The summed E-state index contributed by atoms with van der Waals surface area (Å²) in [6.07, 6.45) is 0.741. The molecule has 7 nitrogen and oxygen atoms in total. The van der Waals surface area contributed by atoms with Crippen molar-refractivity contribution in [3.8, 4) is 38.8 Å². The van der Waals surface area contributed by atoms with E-state index in [2.05, 4.69) is 33.1 Å². The number of aryl methyl sites for hydroxylation is 1. The minimum absolute atomic E-state index is 0.418. The first-order chi connectivity index (χ1) is 15.6. The third-order valence-corrected chi connectivity index (χ3v) is 6.59. The van der Waals surface area contributed by atoms with Crippen LogP contribution in [0.3, 0.4) is 0 Å². The maximum atomic E-state index is 6.52. The number of nitrogen functional groups attached to an aromatic ring is 1. The van der Waals surface area contributed by atoms with Crippen LogP contribution in [0.2, 0.25) is 0 Å². The van der Waals surface area contributed by atoms with Gasteiger partial charge < -0.3 is 10.5 Å². The Morgan fingerprint density at radius 3 is 2.44 bits per heavy atom. The second kappa shape index (κ2) is 8.33. The zero-order chi connectivity index (χ0) is 22.2. The van der Waals surface area contributed by atoms with Gasteiger partial charge in [0.15, 0.2) is 17.2 Å². The monoisotopic (exact) mass is 506 g/mol. The van der Waals surface area contributed by atoms with Gasteiger partial charge in [0.1, 0.15) is 10.8 Å². The average molecular weight is 507 g/mol. The number of methoxy groups -OCH3 is 1. The molecule has 0 radical (unpaired) electrons. The number of halogens is 1. The summed E-state index contributed by atoms with van der Waals surface area (Å²) in [7, 11) is 1.65. The number of ether oxygens (including phenoxy) is 1. The highest BCUT2D eigenvalue weighted by molar-refractivity contribution is 9.10. The molecule has 0 amide bonds. The van der Waals surface area contributed by atoms with Crippen molar-refractivity contribution in [3.63, 3.8) is 0 Å². The summed E-state index contributed by atoms with van der Waals surface area (Å²) >= 11 is 4.94. The molecule has 32 heavy (non-hydrogen) atoms. The van der Waals surface area contributed by atoms with Crippen molar-refractivity contribution in [2.45, 2.75) is 13.3 Å². The van der Waals surface area contributed by atoms with E-state index in [1.54, 1.807) is 11.6 Å². The van der Waals surface area contributed by atoms with Crippen LogP contribution >= 0.6 is 27.3 Å². The first kappa shape index (κ1) is 20.6. The number of hydrogen-bond acceptors (Lipinski definition) is 7. The van der Waals surface area contributed by atoms with E-state index in [0.29, 0.717) is 22.2 Å². The Hall–Kier alpha value is -3.30. The fourth-order valence-corrected chi connectivity index (χ4v) is 4.64. The van der Waals surface area contributed by atoms with Gasteiger partial charge in [0.25, 0.3) is 0 Å². The summed E-state index contributed by atoms with van der Waals surface area (Å²) in [6.45, 7) is 2.06. The Labute approximate surface area is 197 Å². The molecule has 2 aromatic carbocycles. The van der Waals surface area contributed by atoms with Gasteiger partial charge in [-0.25, -0.2) is 4.98 Å². The molecule has 5 aromatic rings. The molecule has 160 valence electrons. The highest BCUT2D eigenvalue weighted by Gasteiger charge is 2.21. The van der Waals surface area contributed by atoms with Gasteiger partial charge in [0, 0.05) is 15.4 Å². The van der Waals surface area contributed by atoms with Crippen LogP contribution in [-0.4, -0.2) is 31.9 Å². The van der Waals surface area contributed by atoms with Crippen LogP contribution in [0.15, 0.2) is 58.4 Å². The van der Waals surface area contributed by atoms with Gasteiger partial charge in [-0.1, -0.05) is 47.1 Å². The van der Waals surface area contributed by atoms with Crippen molar-refractivity contribution in [2.24, 2.45) is 0 Å². The third-order valence-electron chi connectivity index (χ3n) is 5.21. The number of anilines is 1. The molecule has 3 heterocycles. The predicted octanol–water partition coefficient (Wildman–Crippen LogP) is 5.50. The van der Waals surface area contributed by atoms with E-state index in [1.807, 2.05) is 53.9 Å². The van der Waals surface area contributed by atoms with Crippen LogP contribution in [0.1, 0.15) is 12.6 Å². The molecule has 0 saturated heterocycles. The number of nitrogens with zero attached hydrogens (tertiary/aromatic N) is 5. The molecule has 0 fully saturated rings. The summed E-state index contributed by atoms with van der Waals surface area (Å²) in [6, 6.07) is 15.8. The average Bonchev–Trinajstić information content (AvgIpc) is 3.45. The number of thiazole rings is 1. The van der Waals surface area contributed by atoms with Crippen molar-refractivity contribution in [3.05, 3.63) is 64.1 Å². The first-order valence-corrected chi connectivity index (χ1v) is 11.7. The number of fused-ring (bicyclic) bond motifs is 1. The number of aromatic nitrogens is 5. The quantitative estimate of drug-likeness (QED) is 0.338. The van der Waals surface area contributed by atoms with E-state index >= 15 is 0 Å². The fourth-order valence-electron chi connectivity index (χ4n) is 3.55. The zero-order valence-corrected chi connectivity index (χ0v) is 19.8. The number of hydrogen-bond donors (Lipinski definition) is 1. The molecule has 0 aliphatic rings. The van der Waals surface area contributed by atoms with Crippen LogP contribution in [0.25, 0.3) is 38.7 Å². The Balaban J connectivity index is 1.59. The van der Waals surface area contributed by atoms with Crippen molar-refractivity contribution >= 4 is 38.7 Å². The highest BCUT2D eigenvalue weighted by atomic mass is 79.9. The standard InChI is InChI=1S/C23H19BrN6OS/c1-3-17-19(14-6-10-16(31-2)11-7-14)22-28-27-20(21(25)30(22)29-17)23-26-18(12-32-23)13-4-8-15(24)9-5-13/h4-12H,3,25H2,1-2H3. The molecule has 0 bridgehead atoms. The molecule has 9 heteroatoms. The summed E-state index contributed by atoms with van der Waals surface area (Å²) in [5.41, 5.74) is 12.4. The molecule has 2 N–H and O–H groups in total. The fraction of sp³-hybridized carbons (Fsp3) is 0.130. The Morgan fingerprint density at radius 1 is 1.03 bits per heavy atom. The second-order valence-electron chi connectivity index (χ2n) is 7.12. The summed E-state index contributed by atoms with van der Waals surface area (Å²) in [5.74, 6) is 1.21. The Kier molecular flexibility index (Phi) is 5.36.